The fourth-order valence-corrected chi connectivity index (χ4v) is 2.56. The van der Waals surface area contributed by atoms with Crippen LogP contribution in [0.1, 0.15) is 12.8 Å². The molecule has 0 amide bonds. The van der Waals surface area contributed by atoms with Gasteiger partial charge in [0.25, 0.3) is 0 Å². The van der Waals surface area contributed by atoms with Crippen LogP contribution in [0.15, 0.2) is 17.2 Å². The van der Waals surface area contributed by atoms with Crippen molar-refractivity contribution in [3.05, 3.63) is 12.1 Å². The summed E-state index contributed by atoms with van der Waals surface area (Å²) in [5.41, 5.74) is 11.8. The summed E-state index contributed by atoms with van der Waals surface area (Å²) in [4.78, 5) is 4.24. The molecule has 1 aromatic rings. The number of rotatable bonds is 2. The van der Waals surface area contributed by atoms with Gasteiger partial charge in [0.2, 0.25) is 0 Å². The zero-order valence-corrected chi connectivity index (χ0v) is 9.30. The van der Waals surface area contributed by atoms with Gasteiger partial charge in [0.1, 0.15) is 5.82 Å². The molecule has 0 bridgehead atoms. The SMILES string of the molecule is Nc1ccc(SC2CCOCC2)nc1N. The number of ether oxygens (including phenoxy) is 1. The molecule has 0 unspecified atom stereocenters. The average molecular weight is 225 g/mol. The lowest BCUT2D eigenvalue weighted by Gasteiger charge is -2.21. The highest BCUT2D eigenvalue weighted by Crippen LogP contribution is 2.29. The topological polar surface area (TPSA) is 74.2 Å². The van der Waals surface area contributed by atoms with Gasteiger partial charge in [0.15, 0.2) is 0 Å². The van der Waals surface area contributed by atoms with Crippen LogP contribution in [0.5, 0.6) is 0 Å². The summed E-state index contributed by atoms with van der Waals surface area (Å²) in [6.45, 7) is 1.70. The number of aromatic nitrogens is 1. The van der Waals surface area contributed by atoms with Crippen molar-refractivity contribution in [3.8, 4) is 0 Å². The van der Waals surface area contributed by atoms with E-state index in [1.165, 1.54) is 0 Å². The van der Waals surface area contributed by atoms with Crippen LogP contribution in [0.2, 0.25) is 0 Å². The minimum atomic E-state index is 0.423. The van der Waals surface area contributed by atoms with Gasteiger partial charge in [0.05, 0.1) is 10.7 Å². The Morgan fingerprint density at radius 1 is 1.27 bits per heavy atom. The Bertz CT molecular complexity index is 339. The first-order valence-electron chi connectivity index (χ1n) is 5.02. The fourth-order valence-electron chi connectivity index (χ4n) is 1.50. The van der Waals surface area contributed by atoms with Gasteiger partial charge in [-0.3, -0.25) is 0 Å². The van der Waals surface area contributed by atoms with E-state index in [1.807, 2.05) is 12.1 Å². The first kappa shape index (κ1) is 10.6. The molecule has 1 saturated heterocycles. The second kappa shape index (κ2) is 4.72. The van der Waals surface area contributed by atoms with Gasteiger partial charge in [-0.25, -0.2) is 4.98 Å². The highest BCUT2D eigenvalue weighted by molar-refractivity contribution is 7.99. The van der Waals surface area contributed by atoms with Crippen molar-refractivity contribution in [1.82, 2.24) is 4.98 Å². The lowest BCUT2D eigenvalue weighted by Crippen LogP contribution is -2.17. The molecule has 1 aliphatic heterocycles. The lowest BCUT2D eigenvalue weighted by atomic mass is 10.2. The summed E-state index contributed by atoms with van der Waals surface area (Å²) >= 11 is 1.76. The van der Waals surface area contributed by atoms with Crippen LogP contribution < -0.4 is 11.5 Å². The number of hydrogen-bond donors (Lipinski definition) is 2. The normalized spacial score (nSPS) is 17.9. The maximum atomic E-state index is 5.65. The average Bonchev–Trinajstić information content (AvgIpc) is 2.25. The zero-order chi connectivity index (χ0) is 10.7. The Morgan fingerprint density at radius 2 is 2.00 bits per heavy atom. The minimum absolute atomic E-state index is 0.423. The molecule has 0 aliphatic carbocycles. The second-order valence-electron chi connectivity index (χ2n) is 3.55. The molecule has 15 heavy (non-hydrogen) atoms. The molecule has 4 nitrogen and oxygen atoms in total. The van der Waals surface area contributed by atoms with Crippen molar-refractivity contribution in [2.75, 3.05) is 24.7 Å². The largest absolute Gasteiger partial charge is 0.396 e. The Balaban J connectivity index is 2.00. The van der Waals surface area contributed by atoms with Crippen molar-refractivity contribution in [1.29, 1.82) is 0 Å². The first-order chi connectivity index (χ1) is 7.25. The number of nitrogens with two attached hydrogens (primary N) is 2. The number of nitrogen functional groups attached to an aromatic ring is 2. The van der Waals surface area contributed by atoms with E-state index in [2.05, 4.69) is 4.98 Å². The van der Waals surface area contributed by atoms with E-state index in [0.29, 0.717) is 16.8 Å². The van der Waals surface area contributed by atoms with Crippen LogP contribution in [0.25, 0.3) is 0 Å². The van der Waals surface area contributed by atoms with Gasteiger partial charge in [0, 0.05) is 18.5 Å². The highest BCUT2D eigenvalue weighted by atomic mass is 32.2. The number of pyridine rings is 1. The molecule has 0 atom stereocenters. The molecule has 1 aromatic heterocycles. The number of nitrogens with zero attached hydrogens (tertiary/aromatic N) is 1. The lowest BCUT2D eigenvalue weighted by molar-refractivity contribution is 0.1000. The van der Waals surface area contributed by atoms with E-state index >= 15 is 0 Å². The van der Waals surface area contributed by atoms with E-state index in [4.69, 9.17) is 16.2 Å². The molecule has 0 radical (unpaired) electrons. The third kappa shape index (κ3) is 2.76. The summed E-state index contributed by atoms with van der Waals surface area (Å²) in [5.74, 6) is 0.423. The van der Waals surface area contributed by atoms with Crippen molar-refractivity contribution in [3.63, 3.8) is 0 Å². The summed E-state index contributed by atoms with van der Waals surface area (Å²) in [6, 6.07) is 3.73. The number of hydrogen-bond acceptors (Lipinski definition) is 5. The third-order valence-electron chi connectivity index (χ3n) is 2.39. The van der Waals surface area contributed by atoms with Crippen molar-refractivity contribution < 1.29 is 4.74 Å². The fraction of sp³-hybridized carbons (Fsp3) is 0.500. The predicted octanol–water partition coefficient (Wildman–Crippen LogP) is 1.52. The number of anilines is 2. The van der Waals surface area contributed by atoms with Crippen LogP contribution in [0.4, 0.5) is 11.5 Å². The molecule has 0 spiro atoms. The van der Waals surface area contributed by atoms with Crippen LogP contribution in [-0.2, 0) is 4.74 Å². The molecule has 2 rings (SSSR count). The molecule has 1 aliphatic rings. The molecule has 5 heteroatoms. The maximum Gasteiger partial charge on any atom is 0.147 e. The summed E-state index contributed by atoms with van der Waals surface area (Å²) in [7, 11) is 0. The Kier molecular flexibility index (Phi) is 3.33. The number of thioether (sulfide) groups is 1. The predicted molar refractivity (Wildman–Crippen MR) is 62.8 cm³/mol. The standard InChI is InChI=1S/C10H15N3OS/c11-8-1-2-9(13-10(8)12)15-7-3-5-14-6-4-7/h1-2,7H,3-6,11H2,(H2,12,13). The van der Waals surface area contributed by atoms with E-state index in [-0.39, 0.29) is 0 Å². The molecule has 0 aromatic carbocycles. The quantitative estimate of drug-likeness (QED) is 0.798. The highest BCUT2D eigenvalue weighted by Gasteiger charge is 2.15. The van der Waals surface area contributed by atoms with Gasteiger partial charge < -0.3 is 16.2 Å². The minimum Gasteiger partial charge on any atom is -0.396 e. The maximum absolute atomic E-state index is 5.65. The molecular formula is C10H15N3OS. The second-order valence-corrected chi connectivity index (χ2v) is 4.87. The monoisotopic (exact) mass is 225 g/mol. The van der Waals surface area contributed by atoms with Crippen molar-refractivity contribution >= 4 is 23.3 Å². The summed E-state index contributed by atoms with van der Waals surface area (Å²) < 4.78 is 5.30. The van der Waals surface area contributed by atoms with Gasteiger partial charge in [-0.15, -0.1) is 11.8 Å². The van der Waals surface area contributed by atoms with Crippen LogP contribution >= 0.6 is 11.8 Å². The molecular weight excluding hydrogens is 210 g/mol. The van der Waals surface area contributed by atoms with Gasteiger partial charge >= 0.3 is 0 Å². The van der Waals surface area contributed by atoms with E-state index < -0.39 is 0 Å². The smallest absolute Gasteiger partial charge is 0.147 e. The zero-order valence-electron chi connectivity index (χ0n) is 8.48. The van der Waals surface area contributed by atoms with Gasteiger partial charge in [-0.2, -0.15) is 0 Å². The van der Waals surface area contributed by atoms with Crippen molar-refractivity contribution in [2.24, 2.45) is 0 Å². The van der Waals surface area contributed by atoms with Crippen LogP contribution in [0.3, 0.4) is 0 Å². The Hall–Kier alpha value is -0.940. The Morgan fingerprint density at radius 3 is 2.67 bits per heavy atom. The third-order valence-corrected chi connectivity index (χ3v) is 3.66. The van der Waals surface area contributed by atoms with Crippen LogP contribution in [-0.4, -0.2) is 23.4 Å². The summed E-state index contributed by atoms with van der Waals surface area (Å²) in [6.07, 6.45) is 2.16. The molecule has 4 N–H and O–H groups in total. The molecule has 0 saturated carbocycles. The summed E-state index contributed by atoms with van der Waals surface area (Å²) in [5, 5.41) is 1.54. The van der Waals surface area contributed by atoms with E-state index in [1.54, 1.807) is 11.8 Å². The molecule has 82 valence electrons. The van der Waals surface area contributed by atoms with Crippen LogP contribution in [0, 0.1) is 0 Å². The van der Waals surface area contributed by atoms with Crippen molar-refractivity contribution in [2.45, 2.75) is 23.1 Å². The molecule has 2 heterocycles. The van der Waals surface area contributed by atoms with Gasteiger partial charge in [-0.1, -0.05) is 0 Å². The molecule has 1 fully saturated rings. The first-order valence-corrected chi connectivity index (χ1v) is 5.90. The Labute approximate surface area is 93.4 Å². The van der Waals surface area contributed by atoms with E-state index in [0.717, 1.165) is 31.1 Å². The van der Waals surface area contributed by atoms with Gasteiger partial charge in [-0.05, 0) is 25.0 Å². The van der Waals surface area contributed by atoms with E-state index in [9.17, 15) is 0 Å².